The average molecular weight is 376 g/mol. The van der Waals surface area contributed by atoms with E-state index >= 15 is 0 Å². The van der Waals surface area contributed by atoms with Crippen molar-refractivity contribution in [3.05, 3.63) is 96.1 Å². The predicted octanol–water partition coefficient (Wildman–Crippen LogP) is 7.68. The zero-order valence-electron chi connectivity index (χ0n) is 16.4. The van der Waals surface area contributed by atoms with E-state index in [0.717, 1.165) is 44.6 Å². The van der Waals surface area contributed by atoms with Crippen LogP contribution in [0.4, 0.5) is 0 Å². The van der Waals surface area contributed by atoms with Crippen molar-refractivity contribution in [2.24, 2.45) is 0 Å². The summed E-state index contributed by atoms with van der Waals surface area (Å²) in [6.07, 6.45) is 0. The molecular weight excluding hydrogens is 356 g/mol. The van der Waals surface area contributed by atoms with Crippen LogP contribution in [0.2, 0.25) is 0 Å². The summed E-state index contributed by atoms with van der Waals surface area (Å²) in [6, 6.07) is 29.4. The molecule has 0 spiro atoms. The number of ether oxygens (including phenoxy) is 1. The van der Waals surface area contributed by atoms with E-state index in [1.54, 1.807) is 0 Å². The molecule has 1 aliphatic heterocycles. The highest BCUT2D eigenvalue weighted by molar-refractivity contribution is 6.05. The molecule has 0 fully saturated rings. The van der Waals surface area contributed by atoms with Gasteiger partial charge in [-0.05, 0) is 41.5 Å². The number of para-hydroxylation sites is 2. The number of benzene rings is 4. The zero-order valence-corrected chi connectivity index (χ0v) is 16.4. The lowest BCUT2D eigenvalue weighted by molar-refractivity contribution is 0.418. The number of hydrogen-bond acceptors (Lipinski definition) is 2. The Balaban J connectivity index is 1.49. The van der Waals surface area contributed by atoms with E-state index in [1.807, 2.05) is 30.3 Å². The third kappa shape index (κ3) is 2.35. The number of furan rings is 1. The third-order valence-electron chi connectivity index (χ3n) is 6.15. The fraction of sp³-hybridized carbons (Fsp3) is 0.111. The summed E-state index contributed by atoms with van der Waals surface area (Å²) in [4.78, 5) is 0. The molecule has 0 N–H and O–H groups in total. The first kappa shape index (κ1) is 16.4. The van der Waals surface area contributed by atoms with Crippen LogP contribution >= 0.6 is 0 Å². The van der Waals surface area contributed by atoms with Crippen molar-refractivity contribution in [2.75, 3.05) is 0 Å². The normalized spacial score (nSPS) is 14.4. The minimum Gasteiger partial charge on any atom is -0.457 e. The maximum atomic E-state index is 6.29. The summed E-state index contributed by atoms with van der Waals surface area (Å²) in [6.45, 7) is 4.51. The van der Waals surface area contributed by atoms with Crippen molar-refractivity contribution < 1.29 is 9.15 Å². The Hall–Kier alpha value is -3.52. The van der Waals surface area contributed by atoms with E-state index in [-0.39, 0.29) is 5.41 Å². The molecule has 29 heavy (non-hydrogen) atoms. The molecule has 2 nitrogen and oxygen atoms in total. The molecule has 1 aliphatic rings. The first-order valence-corrected chi connectivity index (χ1v) is 9.95. The van der Waals surface area contributed by atoms with Crippen molar-refractivity contribution in [3.63, 3.8) is 0 Å². The van der Waals surface area contributed by atoms with Crippen LogP contribution in [0, 0.1) is 0 Å². The van der Waals surface area contributed by atoms with Crippen LogP contribution in [0.3, 0.4) is 0 Å². The van der Waals surface area contributed by atoms with Crippen LogP contribution in [0.15, 0.2) is 89.3 Å². The highest BCUT2D eigenvalue weighted by atomic mass is 16.5. The maximum absolute atomic E-state index is 6.29. The predicted molar refractivity (Wildman–Crippen MR) is 118 cm³/mol. The maximum Gasteiger partial charge on any atom is 0.136 e. The van der Waals surface area contributed by atoms with Gasteiger partial charge in [0.05, 0.1) is 0 Å². The van der Waals surface area contributed by atoms with Gasteiger partial charge in [0.25, 0.3) is 0 Å². The van der Waals surface area contributed by atoms with Crippen LogP contribution in [-0.4, -0.2) is 0 Å². The van der Waals surface area contributed by atoms with Crippen LogP contribution in [0.5, 0.6) is 11.5 Å². The highest BCUT2D eigenvalue weighted by Gasteiger charge is 2.33. The lowest BCUT2D eigenvalue weighted by atomic mass is 9.75. The second kappa shape index (κ2) is 5.74. The van der Waals surface area contributed by atoms with Crippen molar-refractivity contribution in [1.29, 1.82) is 0 Å². The summed E-state index contributed by atoms with van der Waals surface area (Å²) in [5.41, 5.74) is 6.43. The average Bonchev–Trinajstić information content (AvgIpc) is 3.11. The summed E-state index contributed by atoms with van der Waals surface area (Å²) in [5, 5.41) is 2.30. The summed E-state index contributed by atoms with van der Waals surface area (Å²) in [7, 11) is 0. The number of rotatable bonds is 1. The molecule has 4 aromatic carbocycles. The summed E-state index contributed by atoms with van der Waals surface area (Å²) < 4.78 is 12.4. The van der Waals surface area contributed by atoms with Crippen molar-refractivity contribution in [1.82, 2.24) is 0 Å². The van der Waals surface area contributed by atoms with Crippen LogP contribution in [0.1, 0.15) is 25.0 Å². The van der Waals surface area contributed by atoms with Gasteiger partial charge in [-0.25, -0.2) is 0 Å². The van der Waals surface area contributed by atoms with Gasteiger partial charge in [0.2, 0.25) is 0 Å². The molecule has 0 saturated carbocycles. The van der Waals surface area contributed by atoms with Gasteiger partial charge in [-0.2, -0.15) is 0 Å². The smallest absolute Gasteiger partial charge is 0.136 e. The monoisotopic (exact) mass is 376 g/mol. The minimum absolute atomic E-state index is 0.0919. The molecular formula is C27H20O2. The Morgan fingerprint density at radius 3 is 2.21 bits per heavy atom. The fourth-order valence-electron chi connectivity index (χ4n) is 4.54. The van der Waals surface area contributed by atoms with Crippen LogP contribution in [-0.2, 0) is 5.41 Å². The first-order valence-electron chi connectivity index (χ1n) is 9.95. The second-order valence-corrected chi connectivity index (χ2v) is 8.24. The Labute approximate surface area is 169 Å². The van der Waals surface area contributed by atoms with Gasteiger partial charge in [0, 0.05) is 27.3 Å². The van der Waals surface area contributed by atoms with Gasteiger partial charge in [-0.1, -0.05) is 68.4 Å². The van der Waals surface area contributed by atoms with Crippen LogP contribution < -0.4 is 4.74 Å². The Bertz CT molecular complexity index is 1410. The summed E-state index contributed by atoms with van der Waals surface area (Å²) in [5.74, 6) is 1.87. The molecule has 2 heteroatoms. The van der Waals surface area contributed by atoms with E-state index in [0.29, 0.717) is 0 Å². The molecule has 0 amide bonds. The SMILES string of the molecule is CC1(C)c2ccccc2Oc2cc(-c3ccc4c(c3)oc3ccccc34)ccc21. The Morgan fingerprint density at radius 2 is 1.28 bits per heavy atom. The minimum atomic E-state index is -0.0919. The lowest BCUT2D eigenvalue weighted by Gasteiger charge is -2.34. The van der Waals surface area contributed by atoms with Crippen LogP contribution in [0.25, 0.3) is 33.1 Å². The molecule has 5 aromatic rings. The topological polar surface area (TPSA) is 22.4 Å². The molecule has 6 rings (SSSR count). The summed E-state index contributed by atoms with van der Waals surface area (Å²) >= 11 is 0. The van der Waals surface area contributed by atoms with E-state index in [2.05, 4.69) is 68.4 Å². The van der Waals surface area contributed by atoms with E-state index < -0.39 is 0 Å². The van der Waals surface area contributed by atoms with Crippen molar-refractivity contribution in [3.8, 4) is 22.6 Å². The van der Waals surface area contributed by atoms with Gasteiger partial charge in [-0.3, -0.25) is 0 Å². The fourth-order valence-corrected chi connectivity index (χ4v) is 4.54. The molecule has 0 radical (unpaired) electrons. The molecule has 1 aromatic heterocycles. The molecule has 0 unspecified atom stereocenters. The molecule has 140 valence electrons. The van der Waals surface area contributed by atoms with Crippen molar-refractivity contribution in [2.45, 2.75) is 19.3 Å². The third-order valence-corrected chi connectivity index (χ3v) is 6.15. The zero-order chi connectivity index (χ0) is 19.6. The quantitative estimate of drug-likeness (QED) is 0.299. The largest absolute Gasteiger partial charge is 0.457 e. The van der Waals surface area contributed by atoms with Gasteiger partial charge in [-0.15, -0.1) is 0 Å². The van der Waals surface area contributed by atoms with E-state index in [4.69, 9.17) is 9.15 Å². The molecule has 2 heterocycles. The Morgan fingerprint density at radius 1 is 0.586 bits per heavy atom. The number of hydrogen-bond donors (Lipinski definition) is 0. The van der Waals surface area contributed by atoms with E-state index in [1.165, 1.54) is 11.1 Å². The second-order valence-electron chi connectivity index (χ2n) is 8.24. The van der Waals surface area contributed by atoms with E-state index in [9.17, 15) is 0 Å². The van der Waals surface area contributed by atoms with Gasteiger partial charge >= 0.3 is 0 Å². The Kier molecular flexibility index (Phi) is 3.25. The molecule has 0 bridgehead atoms. The van der Waals surface area contributed by atoms with Gasteiger partial charge < -0.3 is 9.15 Å². The standard InChI is InChI=1S/C27H20O2/c1-27(2)21-8-4-6-10-24(21)29-26-16-18(12-14-22(26)27)17-11-13-20-19-7-3-5-9-23(19)28-25(20)15-17/h3-16H,1-2H3. The molecule has 0 aliphatic carbocycles. The number of fused-ring (bicyclic) bond motifs is 5. The lowest BCUT2D eigenvalue weighted by Crippen LogP contribution is -2.24. The van der Waals surface area contributed by atoms with Gasteiger partial charge in [0.1, 0.15) is 22.7 Å². The highest BCUT2D eigenvalue weighted by Crippen LogP contribution is 2.48. The molecule has 0 saturated heterocycles. The van der Waals surface area contributed by atoms with Gasteiger partial charge in [0.15, 0.2) is 0 Å². The first-order chi connectivity index (χ1) is 14.1. The molecule has 0 atom stereocenters. The van der Waals surface area contributed by atoms with Crippen molar-refractivity contribution >= 4 is 21.9 Å².